The van der Waals surface area contributed by atoms with E-state index in [0.717, 1.165) is 23.8 Å². The van der Waals surface area contributed by atoms with Crippen LogP contribution in [0.5, 0.6) is 0 Å². The molecule has 1 aromatic heterocycles. The lowest BCUT2D eigenvalue weighted by Crippen LogP contribution is -2.36. The fourth-order valence-electron chi connectivity index (χ4n) is 2.49. The highest BCUT2D eigenvalue weighted by Crippen LogP contribution is 2.13. The molecular weight excluding hydrogens is 362 g/mol. The van der Waals surface area contributed by atoms with Gasteiger partial charge in [0.1, 0.15) is 11.6 Å². The molecule has 0 unspecified atom stereocenters. The zero-order valence-corrected chi connectivity index (χ0v) is 15.1. The summed E-state index contributed by atoms with van der Waals surface area (Å²) in [6, 6.07) is 15.4. The van der Waals surface area contributed by atoms with E-state index in [2.05, 4.69) is 20.6 Å². The normalized spacial score (nSPS) is 11.2. The smallest absolute Gasteiger partial charge is 0.257 e. The van der Waals surface area contributed by atoms with Crippen LogP contribution in [0.4, 0.5) is 14.5 Å². The Kier molecular flexibility index (Phi) is 6.06. The van der Waals surface area contributed by atoms with Crippen LogP contribution >= 0.6 is 0 Å². The van der Waals surface area contributed by atoms with Crippen molar-refractivity contribution in [2.45, 2.75) is 13.5 Å². The SMILES string of the molecule is Cc1cccc(C(=O)NC(=NCc2ccccn2)Nc2cc(F)cc(F)c2)c1. The molecular formula is C21H18F2N4O. The number of benzene rings is 2. The predicted octanol–water partition coefficient (Wildman–Crippen LogP) is 4.07. The van der Waals surface area contributed by atoms with Crippen molar-refractivity contribution in [3.8, 4) is 0 Å². The monoisotopic (exact) mass is 380 g/mol. The van der Waals surface area contributed by atoms with Crippen molar-refractivity contribution >= 4 is 17.6 Å². The maximum absolute atomic E-state index is 13.5. The average Bonchev–Trinajstić information content (AvgIpc) is 2.66. The molecule has 2 N–H and O–H groups in total. The number of hydrogen-bond acceptors (Lipinski definition) is 3. The molecule has 142 valence electrons. The number of aromatic nitrogens is 1. The summed E-state index contributed by atoms with van der Waals surface area (Å²) in [4.78, 5) is 21.0. The summed E-state index contributed by atoms with van der Waals surface area (Å²) >= 11 is 0. The fraction of sp³-hybridized carbons (Fsp3) is 0.0952. The van der Waals surface area contributed by atoms with E-state index >= 15 is 0 Å². The number of carbonyl (C=O) groups excluding carboxylic acids is 1. The van der Waals surface area contributed by atoms with Crippen LogP contribution in [0.1, 0.15) is 21.6 Å². The minimum atomic E-state index is -0.739. The number of aryl methyl sites for hydroxylation is 1. The molecule has 0 aliphatic carbocycles. The molecule has 1 amide bonds. The van der Waals surface area contributed by atoms with Gasteiger partial charge in [0.2, 0.25) is 5.96 Å². The molecule has 0 fully saturated rings. The molecule has 0 saturated carbocycles. The first-order chi connectivity index (χ1) is 13.5. The number of nitrogens with one attached hydrogen (secondary N) is 2. The van der Waals surface area contributed by atoms with E-state index in [-0.39, 0.29) is 18.2 Å². The van der Waals surface area contributed by atoms with Crippen LogP contribution < -0.4 is 10.6 Å². The van der Waals surface area contributed by atoms with E-state index in [1.165, 1.54) is 0 Å². The first-order valence-corrected chi connectivity index (χ1v) is 8.55. The number of halogens is 2. The van der Waals surface area contributed by atoms with E-state index in [0.29, 0.717) is 11.3 Å². The van der Waals surface area contributed by atoms with Crippen LogP contribution in [-0.4, -0.2) is 16.9 Å². The quantitative estimate of drug-likeness (QED) is 0.530. The van der Waals surface area contributed by atoms with Crippen LogP contribution in [-0.2, 0) is 6.54 Å². The van der Waals surface area contributed by atoms with Gasteiger partial charge in [0.25, 0.3) is 5.91 Å². The number of pyridine rings is 1. The molecule has 3 rings (SSSR count). The molecule has 7 heteroatoms. The van der Waals surface area contributed by atoms with Gasteiger partial charge >= 0.3 is 0 Å². The summed E-state index contributed by atoms with van der Waals surface area (Å²) in [6.07, 6.45) is 1.63. The fourth-order valence-corrected chi connectivity index (χ4v) is 2.49. The summed E-state index contributed by atoms with van der Waals surface area (Å²) in [5.41, 5.74) is 2.18. The molecule has 0 bridgehead atoms. The minimum absolute atomic E-state index is 0.0576. The zero-order chi connectivity index (χ0) is 19.9. The van der Waals surface area contributed by atoms with Crippen molar-refractivity contribution in [1.29, 1.82) is 0 Å². The van der Waals surface area contributed by atoms with E-state index in [4.69, 9.17) is 0 Å². The Balaban J connectivity index is 1.83. The Morgan fingerprint density at radius 3 is 2.50 bits per heavy atom. The van der Waals surface area contributed by atoms with Crippen molar-refractivity contribution in [1.82, 2.24) is 10.3 Å². The maximum atomic E-state index is 13.5. The van der Waals surface area contributed by atoms with E-state index in [9.17, 15) is 13.6 Å². The van der Waals surface area contributed by atoms with Gasteiger partial charge in [0, 0.05) is 23.5 Å². The third-order valence-electron chi connectivity index (χ3n) is 3.76. The zero-order valence-electron chi connectivity index (χ0n) is 15.1. The Hall–Kier alpha value is -3.61. The molecule has 0 aliphatic rings. The Morgan fingerprint density at radius 1 is 1.04 bits per heavy atom. The molecule has 0 radical (unpaired) electrons. The first-order valence-electron chi connectivity index (χ1n) is 8.55. The molecule has 0 atom stereocenters. The van der Waals surface area contributed by atoms with Gasteiger partial charge in [0.15, 0.2) is 0 Å². The van der Waals surface area contributed by atoms with Gasteiger partial charge in [-0.05, 0) is 43.3 Å². The molecule has 0 spiro atoms. The number of anilines is 1. The highest BCUT2D eigenvalue weighted by molar-refractivity contribution is 6.10. The summed E-state index contributed by atoms with van der Waals surface area (Å²) in [5.74, 6) is -1.82. The van der Waals surface area contributed by atoms with E-state index in [1.54, 1.807) is 36.5 Å². The van der Waals surface area contributed by atoms with Gasteiger partial charge in [-0.15, -0.1) is 0 Å². The molecule has 2 aromatic carbocycles. The third kappa shape index (κ3) is 5.44. The standard InChI is InChI=1S/C21H18F2N4O/c1-14-5-4-6-15(9-14)20(28)27-21(25-13-18-7-2-3-8-24-18)26-19-11-16(22)10-17(23)12-19/h2-12H,13H2,1H3,(H2,25,26,27,28). The third-order valence-corrected chi connectivity index (χ3v) is 3.76. The highest BCUT2D eigenvalue weighted by atomic mass is 19.1. The van der Waals surface area contributed by atoms with Gasteiger partial charge in [-0.3, -0.25) is 15.1 Å². The van der Waals surface area contributed by atoms with Gasteiger partial charge in [-0.25, -0.2) is 13.8 Å². The average molecular weight is 380 g/mol. The molecule has 5 nitrogen and oxygen atoms in total. The maximum Gasteiger partial charge on any atom is 0.257 e. The number of nitrogens with zero attached hydrogens (tertiary/aromatic N) is 2. The van der Waals surface area contributed by atoms with Crippen molar-refractivity contribution in [2.24, 2.45) is 4.99 Å². The summed E-state index contributed by atoms with van der Waals surface area (Å²) in [6.45, 7) is 2.05. The number of guanidine groups is 1. The van der Waals surface area contributed by atoms with Crippen molar-refractivity contribution in [2.75, 3.05) is 5.32 Å². The molecule has 1 heterocycles. The van der Waals surface area contributed by atoms with Crippen molar-refractivity contribution in [3.05, 3.63) is 95.3 Å². The van der Waals surface area contributed by atoms with E-state index < -0.39 is 17.5 Å². The van der Waals surface area contributed by atoms with Crippen LogP contribution in [0, 0.1) is 18.6 Å². The lowest BCUT2D eigenvalue weighted by atomic mass is 10.1. The Labute approximate surface area is 161 Å². The lowest BCUT2D eigenvalue weighted by molar-refractivity contribution is 0.0977. The van der Waals surface area contributed by atoms with Crippen LogP contribution in [0.25, 0.3) is 0 Å². The lowest BCUT2D eigenvalue weighted by Gasteiger charge is -2.12. The molecule has 3 aromatic rings. The number of aliphatic imine (C=N–C) groups is 1. The molecule has 28 heavy (non-hydrogen) atoms. The second-order valence-electron chi connectivity index (χ2n) is 6.09. The highest BCUT2D eigenvalue weighted by Gasteiger charge is 2.11. The van der Waals surface area contributed by atoms with Crippen molar-refractivity contribution in [3.63, 3.8) is 0 Å². The summed E-state index contributed by atoms with van der Waals surface area (Å²) in [7, 11) is 0. The van der Waals surface area contributed by atoms with Gasteiger partial charge < -0.3 is 5.32 Å². The summed E-state index contributed by atoms with van der Waals surface area (Å²) in [5, 5.41) is 5.40. The van der Waals surface area contributed by atoms with Crippen LogP contribution in [0.3, 0.4) is 0 Å². The first kappa shape index (κ1) is 19.2. The second-order valence-corrected chi connectivity index (χ2v) is 6.09. The minimum Gasteiger partial charge on any atom is -0.326 e. The summed E-state index contributed by atoms with van der Waals surface area (Å²) < 4.78 is 27.0. The predicted molar refractivity (Wildman–Crippen MR) is 104 cm³/mol. The van der Waals surface area contributed by atoms with E-state index in [1.807, 2.05) is 19.1 Å². The van der Waals surface area contributed by atoms with Crippen LogP contribution in [0.2, 0.25) is 0 Å². The number of hydrogen-bond donors (Lipinski definition) is 2. The number of amides is 1. The topological polar surface area (TPSA) is 66.4 Å². The Morgan fingerprint density at radius 2 is 1.82 bits per heavy atom. The largest absolute Gasteiger partial charge is 0.326 e. The Bertz CT molecular complexity index is 986. The van der Waals surface area contributed by atoms with Crippen molar-refractivity contribution < 1.29 is 13.6 Å². The number of rotatable bonds is 4. The van der Waals surface area contributed by atoms with Crippen LogP contribution in [0.15, 0.2) is 71.9 Å². The van der Waals surface area contributed by atoms with Gasteiger partial charge in [-0.2, -0.15) is 0 Å². The molecule has 0 aliphatic heterocycles. The van der Waals surface area contributed by atoms with Gasteiger partial charge in [0.05, 0.1) is 12.2 Å². The molecule has 0 saturated heterocycles. The second kappa shape index (κ2) is 8.85. The van der Waals surface area contributed by atoms with Gasteiger partial charge in [-0.1, -0.05) is 23.8 Å². The number of carbonyl (C=O) groups is 1.